The number of ether oxygens (including phenoxy) is 3. The van der Waals surface area contributed by atoms with Crippen molar-refractivity contribution in [1.82, 2.24) is 25.1 Å². The van der Waals surface area contributed by atoms with E-state index < -0.39 is 0 Å². The van der Waals surface area contributed by atoms with Gasteiger partial charge in [0.2, 0.25) is 11.7 Å². The number of benzene rings is 1. The molecule has 1 aliphatic rings. The van der Waals surface area contributed by atoms with Gasteiger partial charge in [0.25, 0.3) is 0 Å². The molecule has 0 radical (unpaired) electrons. The summed E-state index contributed by atoms with van der Waals surface area (Å²) in [4.78, 5) is 13.9. The molecule has 1 fully saturated rings. The number of carbonyl (C=O) groups is 1. The molecule has 1 atom stereocenters. The number of carbonyl (C=O) groups excluding carboxylic acids is 1. The molecule has 10 nitrogen and oxygen atoms in total. The number of nitrogens with zero attached hydrogens (tertiary/aromatic N) is 5. The molecule has 170 valence electrons. The third-order valence-electron chi connectivity index (χ3n) is 5.67. The standard InChI is InChI=1S/C21H32N6O4/c1-21(2,3)27-20(23-24-25-27)17(26-9-7-13(8-10-26)19(22)28)14-11-15(29-4)18(31-6)16(12-14)30-5/h11-13,17H,7-10H2,1-6H3,(H2,22,28). The van der Waals surface area contributed by atoms with Crippen LogP contribution >= 0.6 is 0 Å². The minimum Gasteiger partial charge on any atom is -0.493 e. The lowest BCUT2D eigenvalue weighted by Crippen LogP contribution is -2.42. The Morgan fingerprint density at radius 2 is 1.68 bits per heavy atom. The minimum absolute atomic E-state index is 0.115. The molecule has 0 spiro atoms. The first kappa shape index (κ1) is 22.8. The first-order valence-corrected chi connectivity index (χ1v) is 10.3. The van der Waals surface area contributed by atoms with Gasteiger partial charge in [-0.1, -0.05) is 0 Å². The summed E-state index contributed by atoms with van der Waals surface area (Å²) < 4.78 is 18.5. The molecule has 1 amide bonds. The van der Waals surface area contributed by atoms with E-state index >= 15 is 0 Å². The van der Waals surface area contributed by atoms with Crippen LogP contribution in [0.2, 0.25) is 0 Å². The van der Waals surface area contributed by atoms with Crippen LogP contribution in [-0.2, 0) is 10.3 Å². The molecule has 1 aromatic carbocycles. The quantitative estimate of drug-likeness (QED) is 0.703. The molecule has 2 aromatic rings. The molecule has 2 N–H and O–H groups in total. The van der Waals surface area contributed by atoms with Gasteiger partial charge >= 0.3 is 0 Å². The maximum Gasteiger partial charge on any atom is 0.220 e. The van der Waals surface area contributed by atoms with E-state index in [4.69, 9.17) is 19.9 Å². The van der Waals surface area contributed by atoms with Gasteiger partial charge in [-0.25, -0.2) is 4.68 Å². The Kier molecular flexibility index (Phi) is 6.68. The topological polar surface area (TPSA) is 118 Å². The number of amides is 1. The number of nitrogens with two attached hydrogens (primary N) is 1. The van der Waals surface area contributed by atoms with E-state index in [1.54, 1.807) is 21.3 Å². The molecule has 0 saturated carbocycles. The number of primary amides is 1. The molecule has 10 heteroatoms. The van der Waals surface area contributed by atoms with Gasteiger partial charge in [0.1, 0.15) is 0 Å². The molecule has 0 aliphatic carbocycles. The molecular weight excluding hydrogens is 400 g/mol. The van der Waals surface area contributed by atoms with Crippen LogP contribution in [0.1, 0.15) is 51.0 Å². The predicted octanol–water partition coefficient (Wildman–Crippen LogP) is 1.74. The van der Waals surface area contributed by atoms with Gasteiger partial charge in [0.05, 0.1) is 32.9 Å². The molecule has 2 heterocycles. The van der Waals surface area contributed by atoms with E-state index in [-0.39, 0.29) is 23.4 Å². The van der Waals surface area contributed by atoms with Crippen LogP contribution in [0.15, 0.2) is 12.1 Å². The zero-order valence-electron chi connectivity index (χ0n) is 19.1. The van der Waals surface area contributed by atoms with Crippen molar-refractivity contribution in [2.24, 2.45) is 11.7 Å². The van der Waals surface area contributed by atoms with Crippen molar-refractivity contribution in [2.75, 3.05) is 34.4 Å². The van der Waals surface area contributed by atoms with Gasteiger partial charge in [-0.05, 0) is 74.8 Å². The van der Waals surface area contributed by atoms with Crippen LogP contribution in [-0.4, -0.2) is 65.4 Å². The molecular formula is C21H32N6O4. The fourth-order valence-corrected chi connectivity index (χ4v) is 4.07. The van der Waals surface area contributed by atoms with Crippen LogP contribution < -0.4 is 19.9 Å². The van der Waals surface area contributed by atoms with Crippen molar-refractivity contribution in [1.29, 1.82) is 0 Å². The largest absolute Gasteiger partial charge is 0.493 e. The summed E-state index contributed by atoms with van der Waals surface area (Å²) in [7, 11) is 4.76. The SMILES string of the molecule is COc1cc(C(c2nnnn2C(C)(C)C)N2CCC(C(N)=O)CC2)cc(OC)c1OC. The number of aromatic nitrogens is 4. The molecule has 1 saturated heterocycles. The van der Waals surface area contributed by atoms with E-state index in [9.17, 15) is 4.79 Å². The fraction of sp³-hybridized carbons (Fsp3) is 0.619. The van der Waals surface area contributed by atoms with Crippen molar-refractivity contribution >= 4 is 5.91 Å². The highest BCUT2D eigenvalue weighted by Gasteiger charge is 2.35. The Labute approximate surface area is 182 Å². The lowest BCUT2D eigenvalue weighted by molar-refractivity contribution is -0.123. The Morgan fingerprint density at radius 3 is 2.13 bits per heavy atom. The molecule has 3 rings (SSSR count). The Bertz CT molecular complexity index is 890. The maximum atomic E-state index is 11.7. The zero-order chi connectivity index (χ0) is 22.8. The second kappa shape index (κ2) is 9.09. The number of hydrogen-bond donors (Lipinski definition) is 1. The number of hydrogen-bond acceptors (Lipinski definition) is 8. The van der Waals surface area contributed by atoms with E-state index in [2.05, 4.69) is 41.2 Å². The van der Waals surface area contributed by atoms with Gasteiger partial charge < -0.3 is 19.9 Å². The number of likely N-dealkylation sites (tertiary alicyclic amines) is 1. The maximum absolute atomic E-state index is 11.7. The Hall–Kier alpha value is -2.88. The highest BCUT2D eigenvalue weighted by Crippen LogP contribution is 2.42. The molecule has 31 heavy (non-hydrogen) atoms. The third kappa shape index (κ3) is 4.58. The van der Waals surface area contributed by atoms with Crippen LogP contribution in [0.3, 0.4) is 0 Å². The number of tetrazole rings is 1. The van der Waals surface area contributed by atoms with Crippen molar-refractivity contribution in [3.8, 4) is 17.2 Å². The summed E-state index contributed by atoms with van der Waals surface area (Å²) in [6.45, 7) is 7.53. The summed E-state index contributed by atoms with van der Waals surface area (Å²) in [5.74, 6) is 1.99. The minimum atomic E-state index is -0.316. The van der Waals surface area contributed by atoms with E-state index in [0.29, 0.717) is 49.0 Å². The highest BCUT2D eigenvalue weighted by molar-refractivity contribution is 5.76. The molecule has 0 bridgehead atoms. The summed E-state index contributed by atoms with van der Waals surface area (Å²) >= 11 is 0. The Balaban J connectivity index is 2.12. The van der Waals surface area contributed by atoms with Gasteiger partial charge in [-0.2, -0.15) is 0 Å². The monoisotopic (exact) mass is 432 g/mol. The molecule has 1 aromatic heterocycles. The lowest BCUT2D eigenvalue weighted by Gasteiger charge is -2.37. The average Bonchev–Trinajstić information content (AvgIpc) is 3.23. The predicted molar refractivity (Wildman–Crippen MR) is 114 cm³/mol. The number of methoxy groups -OCH3 is 3. The van der Waals surface area contributed by atoms with Gasteiger partial charge in [-0.3, -0.25) is 9.69 Å². The van der Waals surface area contributed by atoms with Gasteiger partial charge in [0, 0.05) is 5.92 Å². The highest BCUT2D eigenvalue weighted by atomic mass is 16.5. The van der Waals surface area contributed by atoms with E-state index in [1.807, 2.05) is 16.8 Å². The Morgan fingerprint density at radius 1 is 1.10 bits per heavy atom. The van der Waals surface area contributed by atoms with E-state index in [1.165, 1.54) is 0 Å². The van der Waals surface area contributed by atoms with Crippen LogP contribution in [0.5, 0.6) is 17.2 Å². The second-order valence-electron chi connectivity index (χ2n) is 8.69. The van der Waals surface area contributed by atoms with Crippen molar-refractivity contribution in [3.05, 3.63) is 23.5 Å². The van der Waals surface area contributed by atoms with Crippen LogP contribution in [0, 0.1) is 5.92 Å². The average molecular weight is 433 g/mol. The van der Waals surface area contributed by atoms with Crippen molar-refractivity contribution < 1.29 is 19.0 Å². The van der Waals surface area contributed by atoms with Crippen molar-refractivity contribution in [2.45, 2.75) is 45.2 Å². The summed E-state index contributed by atoms with van der Waals surface area (Å²) in [6, 6.07) is 3.58. The second-order valence-corrected chi connectivity index (χ2v) is 8.69. The fourth-order valence-electron chi connectivity index (χ4n) is 4.07. The lowest BCUT2D eigenvalue weighted by atomic mass is 9.93. The smallest absolute Gasteiger partial charge is 0.220 e. The first-order chi connectivity index (χ1) is 14.7. The first-order valence-electron chi connectivity index (χ1n) is 10.3. The summed E-state index contributed by atoms with van der Waals surface area (Å²) in [5.41, 5.74) is 6.14. The third-order valence-corrected chi connectivity index (χ3v) is 5.67. The molecule has 1 unspecified atom stereocenters. The number of piperidine rings is 1. The van der Waals surface area contributed by atoms with Crippen molar-refractivity contribution in [3.63, 3.8) is 0 Å². The summed E-state index contributed by atoms with van der Waals surface area (Å²) in [6.07, 6.45) is 1.38. The zero-order valence-corrected chi connectivity index (χ0v) is 19.1. The van der Waals surface area contributed by atoms with E-state index in [0.717, 1.165) is 5.56 Å². The van der Waals surface area contributed by atoms with Crippen LogP contribution in [0.25, 0.3) is 0 Å². The molecule has 1 aliphatic heterocycles. The summed E-state index contributed by atoms with van der Waals surface area (Å²) in [5, 5.41) is 12.6. The normalized spacial score (nSPS) is 16.7. The van der Waals surface area contributed by atoms with Gasteiger partial charge in [0.15, 0.2) is 17.3 Å². The number of rotatable bonds is 7. The van der Waals surface area contributed by atoms with Crippen LogP contribution in [0.4, 0.5) is 0 Å². The van der Waals surface area contributed by atoms with Gasteiger partial charge in [-0.15, -0.1) is 5.10 Å².